The van der Waals surface area contributed by atoms with E-state index in [1.807, 2.05) is 0 Å². The van der Waals surface area contributed by atoms with Crippen LogP contribution in [0.25, 0.3) is 0 Å². The Morgan fingerprint density at radius 1 is 0.410 bits per heavy atom. The van der Waals surface area contributed by atoms with Crippen LogP contribution in [-0.4, -0.2) is 89.2 Å². The largest absolute Gasteiger partial charge is 0.479 e. The Bertz CT molecular complexity index is 1900. The normalized spacial score (nSPS) is 18.4. The SMILES string of the molecule is CC/C=C\C/C=C\C/C=C\C/C=C\CCCCCCCCC(=O)OCC(COC1OC(C(=O)O)C(O)C(O)C1OC(=O)CCCCCCCC/C=C\C/C=C\C/C=C\CCCCC)OC(=O)CCCCCCC/C=C\C/C=C\C/C=C\CC. The number of allylic oxidation sites excluding steroid dienone is 20. The highest BCUT2D eigenvalue weighted by Gasteiger charge is 2.50. The first-order valence-corrected chi connectivity index (χ1v) is 32.5. The van der Waals surface area contributed by atoms with Gasteiger partial charge in [0.2, 0.25) is 0 Å². The van der Waals surface area contributed by atoms with Crippen LogP contribution in [0.4, 0.5) is 0 Å². The summed E-state index contributed by atoms with van der Waals surface area (Å²) in [6.07, 6.45) is 67.2. The maximum Gasteiger partial charge on any atom is 0.335 e. The van der Waals surface area contributed by atoms with Gasteiger partial charge in [-0.15, -0.1) is 0 Å². The van der Waals surface area contributed by atoms with E-state index in [-0.39, 0.29) is 25.9 Å². The molecular weight excluding hydrogens is 1040 g/mol. The third kappa shape index (κ3) is 47.1. The lowest BCUT2D eigenvalue weighted by Crippen LogP contribution is -2.61. The number of ether oxygens (including phenoxy) is 5. The van der Waals surface area contributed by atoms with Crippen molar-refractivity contribution in [3.8, 4) is 0 Å². The molecule has 1 rings (SSSR count). The van der Waals surface area contributed by atoms with Crippen molar-refractivity contribution in [2.45, 2.75) is 289 Å². The molecule has 12 nitrogen and oxygen atoms in total. The Balaban J connectivity index is 2.69. The van der Waals surface area contributed by atoms with Gasteiger partial charge < -0.3 is 39.0 Å². The Labute approximate surface area is 503 Å². The second-order valence-corrected chi connectivity index (χ2v) is 21.6. The molecule has 0 saturated carbocycles. The van der Waals surface area contributed by atoms with Gasteiger partial charge in [-0.05, 0) is 128 Å². The molecule has 83 heavy (non-hydrogen) atoms. The first kappa shape index (κ1) is 76.1. The van der Waals surface area contributed by atoms with Crippen molar-refractivity contribution in [1.29, 1.82) is 0 Å². The topological polar surface area (TPSA) is 175 Å². The van der Waals surface area contributed by atoms with Gasteiger partial charge in [0.1, 0.15) is 18.8 Å². The molecule has 1 saturated heterocycles. The fourth-order valence-corrected chi connectivity index (χ4v) is 9.09. The number of aliphatic hydroxyl groups excluding tert-OH is 2. The molecule has 6 unspecified atom stereocenters. The molecule has 0 spiro atoms. The highest BCUT2D eigenvalue weighted by molar-refractivity contribution is 5.74. The molecule has 12 heteroatoms. The van der Waals surface area contributed by atoms with Gasteiger partial charge in [-0.25, -0.2) is 4.79 Å². The molecule has 0 amide bonds. The summed E-state index contributed by atoms with van der Waals surface area (Å²) >= 11 is 0. The lowest BCUT2D eigenvalue weighted by Gasteiger charge is -2.40. The first-order chi connectivity index (χ1) is 40.6. The number of unbranched alkanes of at least 4 members (excludes halogenated alkanes) is 20. The van der Waals surface area contributed by atoms with E-state index in [1.165, 1.54) is 19.3 Å². The number of carbonyl (C=O) groups excluding carboxylic acids is 3. The maximum atomic E-state index is 13.2. The Hall–Kier alpha value is -4.88. The lowest BCUT2D eigenvalue weighted by atomic mass is 9.98. The van der Waals surface area contributed by atoms with Crippen LogP contribution in [0.1, 0.15) is 252 Å². The van der Waals surface area contributed by atoms with Gasteiger partial charge in [0, 0.05) is 19.3 Å². The fourth-order valence-electron chi connectivity index (χ4n) is 9.09. The third-order valence-corrected chi connectivity index (χ3v) is 14.0. The summed E-state index contributed by atoms with van der Waals surface area (Å²) in [6.45, 7) is 5.72. The summed E-state index contributed by atoms with van der Waals surface area (Å²) in [5.74, 6) is -3.19. The second-order valence-electron chi connectivity index (χ2n) is 21.6. The van der Waals surface area contributed by atoms with Crippen molar-refractivity contribution in [3.05, 3.63) is 122 Å². The number of aliphatic hydroxyl groups is 2. The van der Waals surface area contributed by atoms with Crippen molar-refractivity contribution in [3.63, 3.8) is 0 Å². The van der Waals surface area contributed by atoms with Crippen molar-refractivity contribution in [1.82, 2.24) is 0 Å². The van der Waals surface area contributed by atoms with Crippen molar-refractivity contribution >= 4 is 23.9 Å². The molecule has 1 fully saturated rings. The highest BCUT2D eigenvalue weighted by Crippen LogP contribution is 2.26. The van der Waals surface area contributed by atoms with Gasteiger partial charge in [-0.1, -0.05) is 226 Å². The van der Waals surface area contributed by atoms with Crippen LogP contribution in [0.3, 0.4) is 0 Å². The van der Waals surface area contributed by atoms with Crippen molar-refractivity contribution in [2.75, 3.05) is 13.2 Å². The second kappa shape index (κ2) is 57.5. The maximum absolute atomic E-state index is 13.2. The number of hydrogen-bond acceptors (Lipinski definition) is 11. The third-order valence-electron chi connectivity index (χ3n) is 14.0. The summed E-state index contributed by atoms with van der Waals surface area (Å²) in [5.41, 5.74) is 0. The molecule has 0 aromatic rings. The van der Waals surface area contributed by atoms with E-state index < -0.39 is 67.3 Å². The van der Waals surface area contributed by atoms with Gasteiger partial charge in [0.15, 0.2) is 24.6 Å². The minimum atomic E-state index is -1.92. The predicted octanol–water partition coefficient (Wildman–Crippen LogP) is 17.6. The zero-order valence-corrected chi connectivity index (χ0v) is 51.9. The summed E-state index contributed by atoms with van der Waals surface area (Å²) in [5, 5.41) is 31.6. The first-order valence-electron chi connectivity index (χ1n) is 32.5. The molecule has 1 aliphatic heterocycles. The van der Waals surface area contributed by atoms with Crippen LogP contribution in [0.15, 0.2) is 122 Å². The van der Waals surface area contributed by atoms with E-state index >= 15 is 0 Å². The van der Waals surface area contributed by atoms with E-state index in [2.05, 4.69) is 142 Å². The molecule has 470 valence electrons. The average Bonchev–Trinajstić information content (AvgIpc) is 3.57. The molecule has 6 atom stereocenters. The summed E-state index contributed by atoms with van der Waals surface area (Å²) in [7, 11) is 0. The highest BCUT2D eigenvalue weighted by atomic mass is 16.7. The molecular formula is C71H114O12. The quantitative estimate of drug-likeness (QED) is 0.0228. The van der Waals surface area contributed by atoms with Crippen LogP contribution in [0.2, 0.25) is 0 Å². The minimum absolute atomic E-state index is 0.0364. The number of carbonyl (C=O) groups is 4. The Kier molecular flexibility index (Phi) is 52.8. The van der Waals surface area contributed by atoms with Gasteiger partial charge in [-0.3, -0.25) is 14.4 Å². The van der Waals surface area contributed by atoms with Crippen molar-refractivity contribution in [2.24, 2.45) is 0 Å². The van der Waals surface area contributed by atoms with E-state index in [1.54, 1.807) is 0 Å². The van der Waals surface area contributed by atoms with Crippen LogP contribution >= 0.6 is 0 Å². The smallest absolute Gasteiger partial charge is 0.335 e. The molecule has 1 heterocycles. The van der Waals surface area contributed by atoms with Crippen molar-refractivity contribution < 1.29 is 58.2 Å². The van der Waals surface area contributed by atoms with Gasteiger partial charge in [0.05, 0.1) is 6.61 Å². The molecule has 1 aliphatic rings. The number of carboxylic acids is 1. The average molecular weight is 1160 g/mol. The van der Waals surface area contributed by atoms with Gasteiger partial charge in [0.25, 0.3) is 0 Å². The zero-order valence-electron chi connectivity index (χ0n) is 51.9. The lowest BCUT2D eigenvalue weighted by molar-refractivity contribution is -0.301. The van der Waals surface area contributed by atoms with Crippen LogP contribution < -0.4 is 0 Å². The Morgan fingerprint density at radius 2 is 0.759 bits per heavy atom. The molecule has 0 radical (unpaired) electrons. The van der Waals surface area contributed by atoms with E-state index in [0.717, 1.165) is 173 Å². The van der Waals surface area contributed by atoms with Crippen LogP contribution in [0, 0.1) is 0 Å². The molecule has 0 aromatic carbocycles. The molecule has 0 aromatic heterocycles. The summed E-state index contributed by atoms with van der Waals surface area (Å²) in [4.78, 5) is 51.4. The zero-order chi connectivity index (χ0) is 60.3. The van der Waals surface area contributed by atoms with Gasteiger partial charge >= 0.3 is 23.9 Å². The molecule has 3 N–H and O–H groups in total. The van der Waals surface area contributed by atoms with Crippen LogP contribution in [0.5, 0.6) is 0 Å². The number of esters is 3. The fraction of sp³-hybridized carbons (Fsp3) is 0.662. The standard InChI is InChI=1S/C71H114O12/c1-4-7-10-13-16-19-22-25-28-30-32-34-37-39-42-45-48-51-54-57-63(72)79-60-62(81-64(73)58-55-52-49-46-43-40-36-27-24-21-18-15-12-9-6-3)61-80-71-69(67(76)66(75)68(83-71)70(77)78)82-65(74)59-56-53-50-47-44-41-38-35-33-31-29-26-23-20-17-14-11-8-5-2/h7,9-10,12,16-21,25-29,32-36,62,66-69,71,75-76H,4-6,8,11,13-15,22-24,30-31,37-61H2,1-3H3,(H,77,78)/b10-7-,12-9-,19-16-,20-17-,21-18-,28-25-,29-26-,34-32-,35-33-,36-27-. The van der Waals surface area contributed by atoms with E-state index in [9.17, 15) is 34.5 Å². The summed E-state index contributed by atoms with van der Waals surface area (Å²) in [6, 6.07) is 0. The monoisotopic (exact) mass is 1160 g/mol. The van der Waals surface area contributed by atoms with Crippen LogP contribution in [-0.2, 0) is 42.9 Å². The number of carboxylic acid groups (broad SMARTS) is 1. The van der Waals surface area contributed by atoms with Gasteiger partial charge in [-0.2, -0.15) is 0 Å². The minimum Gasteiger partial charge on any atom is -0.479 e. The Morgan fingerprint density at radius 3 is 1.16 bits per heavy atom. The molecule has 0 aliphatic carbocycles. The summed E-state index contributed by atoms with van der Waals surface area (Å²) < 4.78 is 28.5. The number of hydrogen-bond donors (Lipinski definition) is 3. The predicted molar refractivity (Wildman–Crippen MR) is 340 cm³/mol. The van der Waals surface area contributed by atoms with E-state index in [0.29, 0.717) is 19.3 Å². The number of rotatable bonds is 54. The van der Waals surface area contributed by atoms with E-state index in [4.69, 9.17) is 23.7 Å². The number of aliphatic carboxylic acids is 1. The molecule has 0 bridgehead atoms.